The van der Waals surface area contributed by atoms with Gasteiger partial charge in [0.25, 0.3) is 0 Å². The zero-order chi connectivity index (χ0) is 14.4. The van der Waals surface area contributed by atoms with Gasteiger partial charge in [0.15, 0.2) is 5.82 Å². The van der Waals surface area contributed by atoms with Crippen LogP contribution in [0.5, 0.6) is 0 Å². The number of benzene rings is 1. The van der Waals surface area contributed by atoms with E-state index in [0.29, 0.717) is 37.6 Å². The summed E-state index contributed by atoms with van der Waals surface area (Å²) in [6.07, 6.45) is 0.889. The minimum Gasteiger partial charge on any atom is -0.355 e. The summed E-state index contributed by atoms with van der Waals surface area (Å²) in [6, 6.07) is 7.68. The summed E-state index contributed by atoms with van der Waals surface area (Å²) < 4.78 is 4.86. The van der Waals surface area contributed by atoms with E-state index in [4.69, 9.17) is 10.3 Å². The largest absolute Gasteiger partial charge is 0.355 e. The Balaban J connectivity index is 1.80. The molecule has 1 heterocycles. The van der Waals surface area contributed by atoms with E-state index in [0.717, 1.165) is 11.1 Å². The molecule has 1 amide bonds. The first-order chi connectivity index (χ1) is 9.69. The van der Waals surface area contributed by atoms with Gasteiger partial charge in [-0.05, 0) is 11.1 Å². The van der Waals surface area contributed by atoms with E-state index in [1.54, 1.807) is 6.92 Å². The number of nitrogens with two attached hydrogens (primary N) is 1. The van der Waals surface area contributed by atoms with Gasteiger partial charge in [-0.25, -0.2) is 0 Å². The van der Waals surface area contributed by atoms with Crippen LogP contribution in [0.15, 0.2) is 28.8 Å². The molecule has 0 spiro atoms. The van der Waals surface area contributed by atoms with Crippen molar-refractivity contribution in [3.05, 3.63) is 47.1 Å². The van der Waals surface area contributed by atoms with Gasteiger partial charge in [-0.2, -0.15) is 4.98 Å². The molecule has 0 bridgehead atoms. The monoisotopic (exact) mass is 274 g/mol. The van der Waals surface area contributed by atoms with Crippen LogP contribution >= 0.6 is 0 Å². The average molecular weight is 274 g/mol. The van der Waals surface area contributed by atoms with Crippen molar-refractivity contribution in [2.24, 2.45) is 5.73 Å². The van der Waals surface area contributed by atoms with Gasteiger partial charge in [0.2, 0.25) is 11.8 Å². The van der Waals surface area contributed by atoms with Crippen LogP contribution in [0.25, 0.3) is 0 Å². The maximum Gasteiger partial charge on any atom is 0.224 e. The number of aryl methyl sites for hydroxylation is 1. The van der Waals surface area contributed by atoms with Crippen molar-refractivity contribution in [2.75, 3.05) is 6.54 Å². The van der Waals surface area contributed by atoms with Crippen molar-refractivity contribution >= 4 is 5.91 Å². The van der Waals surface area contributed by atoms with Crippen molar-refractivity contribution < 1.29 is 9.32 Å². The number of nitrogens with one attached hydrogen (secondary N) is 1. The molecule has 6 nitrogen and oxygen atoms in total. The lowest BCUT2D eigenvalue weighted by Gasteiger charge is -2.07. The first-order valence-corrected chi connectivity index (χ1v) is 6.52. The summed E-state index contributed by atoms with van der Waals surface area (Å²) in [7, 11) is 0. The van der Waals surface area contributed by atoms with Gasteiger partial charge >= 0.3 is 0 Å². The molecular formula is C14H18N4O2. The predicted octanol–water partition coefficient (Wildman–Crippen LogP) is 0.738. The van der Waals surface area contributed by atoms with E-state index in [1.807, 2.05) is 24.3 Å². The van der Waals surface area contributed by atoms with Crippen molar-refractivity contribution in [3.63, 3.8) is 0 Å². The normalized spacial score (nSPS) is 10.5. The van der Waals surface area contributed by atoms with Gasteiger partial charge in [-0.15, -0.1) is 0 Å². The molecule has 2 rings (SSSR count). The molecule has 3 N–H and O–H groups in total. The number of amides is 1. The highest BCUT2D eigenvalue weighted by atomic mass is 16.5. The third-order valence-corrected chi connectivity index (χ3v) is 2.93. The molecule has 106 valence electrons. The second-order valence-corrected chi connectivity index (χ2v) is 4.48. The molecule has 6 heteroatoms. The molecule has 0 aliphatic heterocycles. The highest BCUT2D eigenvalue weighted by Crippen LogP contribution is 2.08. The molecule has 0 saturated heterocycles. The highest BCUT2D eigenvalue weighted by Gasteiger charge is 2.07. The first kappa shape index (κ1) is 14.2. The molecule has 0 saturated carbocycles. The smallest absolute Gasteiger partial charge is 0.224 e. The van der Waals surface area contributed by atoms with E-state index in [2.05, 4.69) is 15.5 Å². The maximum absolute atomic E-state index is 11.9. The number of hydrogen-bond donors (Lipinski definition) is 2. The third kappa shape index (κ3) is 3.89. The van der Waals surface area contributed by atoms with Crippen LogP contribution in [0, 0.1) is 6.92 Å². The number of carbonyl (C=O) groups excluding carboxylic acids is 1. The molecule has 0 unspecified atom stereocenters. The predicted molar refractivity (Wildman–Crippen MR) is 73.8 cm³/mol. The molecule has 1 aromatic heterocycles. The van der Waals surface area contributed by atoms with E-state index in [1.165, 1.54) is 0 Å². The van der Waals surface area contributed by atoms with Crippen LogP contribution in [0.4, 0.5) is 0 Å². The van der Waals surface area contributed by atoms with Crippen LogP contribution in [0.2, 0.25) is 0 Å². The van der Waals surface area contributed by atoms with Crippen LogP contribution in [-0.4, -0.2) is 22.6 Å². The fourth-order valence-electron chi connectivity index (χ4n) is 1.92. The van der Waals surface area contributed by atoms with Crippen LogP contribution in [0.1, 0.15) is 22.8 Å². The van der Waals surface area contributed by atoms with E-state index in [9.17, 15) is 4.79 Å². The Labute approximate surface area is 117 Å². The minimum atomic E-state index is -0.0360. The second kappa shape index (κ2) is 6.81. The Bertz CT molecular complexity index is 580. The number of nitrogens with zero attached hydrogens (tertiary/aromatic N) is 2. The fourth-order valence-corrected chi connectivity index (χ4v) is 1.92. The summed E-state index contributed by atoms with van der Waals surface area (Å²) >= 11 is 0. The number of hydrogen-bond acceptors (Lipinski definition) is 5. The van der Waals surface area contributed by atoms with Crippen LogP contribution < -0.4 is 11.1 Å². The van der Waals surface area contributed by atoms with E-state index in [-0.39, 0.29) is 5.91 Å². The summed E-state index contributed by atoms with van der Waals surface area (Å²) in [5, 5.41) is 6.61. The Morgan fingerprint density at radius 1 is 1.35 bits per heavy atom. The molecule has 0 aliphatic carbocycles. The molecular weight excluding hydrogens is 256 g/mol. The summed E-state index contributed by atoms with van der Waals surface area (Å²) in [5.74, 6) is 1.10. The summed E-state index contributed by atoms with van der Waals surface area (Å²) in [6.45, 7) is 2.66. The van der Waals surface area contributed by atoms with Crippen molar-refractivity contribution in [3.8, 4) is 0 Å². The Morgan fingerprint density at radius 2 is 2.10 bits per heavy atom. The Morgan fingerprint density at radius 3 is 2.75 bits per heavy atom. The molecule has 20 heavy (non-hydrogen) atoms. The zero-order valence-corrected chi connectivity index (χ0v) is 11.4. The minimum absolute atomic E-state index is 0.0360. The first-order valence-electron chi connectivity index (χ1n) is 6.52. The molecule has 1 aromatic carbocycles. The lowest BCUT2D eigenvalue weighted by molar-refractivity contribution is -0.120. The molecule has 0 atom stereocenters. The van der Waals surface area contributed by atoms with Crippen molar-refractivity contribution in [2.45, 2.75) is 26.3 Å². The standard InChI is InChI=1S/C14H18N4O2/c1-10-17-13(18-20-10)6-7-16-14(19)8-11-4-2-3-5-12(11)9-15/h2-5H,6-9,15H2,1H3,(H,16,19). The summed E-state index contributed by atoms with van der Waals surface area (Å²) in [5.41, 5.74) is 7.60. The molecule has 0 aliphatic rings. The summed E-state index contributed by atoms with van der Waals surface area (Å²) in [4.78, 5) is 15.9. The number of aromatic nitrogens is 2. The van der Waals surface area contributed by atoms with Gasteiger partial charge in [0.1, 0.15) is 0 Å². The zero-order valence-electron chi connectivity index (χ0n) is 11.4. The number of rotatable bonds is 6. The lowest BCUT2D eigenvalue weighted by atomic mass is 10.0. The number of carbonyl (C=O) groups is 1. The third-order valence-electron chi connectivity index (χ3n) is 2.93. The van der Waals surface area contributed by atoms with Crippen LogP contribution in [-0.2, 0) is 24.2 Å². The Hall–Kier alpha value is -2.21. The van der Waals surface area contributed by atoms with E-state index >= 15 is 0 Å². The van der Waals surface area contributed by atoms with E-state index < -0.39 is 0 Å². The lowest BCUT2D eigenvalue weighted by Crippen LogP contribution is -2.28. The second-order valence-electron chi connectivity index (χ2n) is 4.48. The fraction of sp³-hybridized carbons (Fsp3) is 0.357. The van der Waals surface area contributed by atoms with Crippen molar-refractivity contribution in [1.82, 2.24) is 15.5 Å². The Kier molecular flexibility index (Phi) is 4.84. The van der Waals surface area contributed by atoms with Gasteiger partial charge in [-0.1, -0.05) is 29.4 Å². The molecule has 0 fully saturated rings. The topological polar surface area (TPSA) is 94.0 Å². The molecule has 2 aromatic rings. The van der Waals surface area contributed by atoms with Gasteiger partial charge in [0.05, 0.1) is 6.42 Å². The van der Waals surface area contributed by atoms with Gasteiger partial charge in [0, 0.05) is 26.4 Å². The van der Waals surface area contributed by atoms with Gasteiger partial charge in [-0.3, -0.25) is 4.79 Å². The average Bonchev–Trinajstić information content (AvgIpc) is 2.85. The SMILES string of the molecule is Cc1nc(CCNC(=O)Cc2ccccc2CN)no1. The van der Waals surface area contributed by atoms with Crippen LogP contribution in [0.3, 0.4) is 0 Å². The quantitative estimate of drug-likeness (QED) is 0.810. The van der Waals surface area contributed by atoms with Gasteiger partial charge < -0.3 is 15.6 Å². The molecule has 0 radical (unpaired) electrons. The maximum atomic E-state index is 11.9. The highest BCUT2D eigenvalue weighted by molar-refractivity contribution is 5.78. The van der Waals surface area contributed by atoms with Crippen molar-refractivity contribution in [1.29, 1.82) is 0 Å².